The first-order chi connectivity index (χ1) is 12.3. The van der Waals surface area contributed by atoms with Gasteiger partial charge in [-0.05, 0) is 48.5 Å². The summed E-state index contributed by atoms with van der Waals surface area (Å²) in [5.74, 6) is -0.0706. The van der Waals surface area contributed by atoms with E-state index in [0.29, 0.717) is 29.0 Å². The summed E-state index contributed by atoms with van der Waals surface area (Å²) in [7, 11) is 0. The van der Waals surface area contributed by atoms with Gasteiger partial charge in [0, 0.05) is 23.1 Å². The Labute approximate surface area is 153 Å². The van der Waals surface area contributed by atoms with E-state index in [4.69, 9.17) is 0 Å². The van der Waals surface area contributed by atoms with Crippen LogP contribution in [0.3, 0.4) is 0 Å². The van der Waals surface area contributed by atoms with E-state index in [1.807, 2.05) is 20.8 Å². The van der Waals surface area contributed by atoms with Gasteiger partial charge in [-0.25, -0.2) is 0 Å². The van der Waals surface area contributed by atoms with Crippen molar-refractivity contribution in [1.29, 1.82) is 0 Å². The minimum Gasteiger partial charge on any atom is -0.349 e. The summed E-state index contributed by atoms with van der Waals surface area (Å²) in [5.41, 5.74) is 2.09. The van der Waals surface area contributed by atoms with Crippen LogP contribution in [0.15, 0.2) is 71.4 Å². The number of nitrogens with zero attached hydrogens (tertiary/aromatic N) is 2. The molecule has 0 spiro atoms. The quantitative estimate of drug-likeness (QED) is 0.440. The van der Waals surface area contributed by atoms with Gasteiger partial charge in [-0.15, -0.1) is 6.58 Å². The number of hydrogen-bond acceptors (Lipinski definition) is 4. The number of nitrogens with one attached hydrogen (secondary N) is 1. The normalized spacial score (nSPS) is 11.3. The third-order valence-corrected chi connectivity index (χ3v) is 3.63. The monoisotopic (exact) mass is 349 g/mol. The highest BCUT2D eigenvalue weighted by Crippen LogP contribution is 2.24. The molecule has 0 aliphatic rings. The van der Waals surface area contributed by atoms with E-state index in [1.54, 1.807) is 54.6 Å². The minimum absolute atomic E-state index is 0.0892. The van der Waals surface area contributed by atoms with Gasteiger partial charge in [-0.3, -0.25) is 9.59 Å². The molecule has 0 aliphatic carbocycles. The third kappa shape index (κ3) is 5.21. The fourth-order valence-electron chi connectivity index (χ4n) is 2.17. The van der Waals surface area contributed by atoms with Gasteiger partial charge >= 0.3 is 0 Å². The van der Waals surface area contributed by atoms with Crippen LogP contribution in [0.2, 0.25) is 0 Å². The molecule has 0 unspecified atom stereocenters. The van der Waals surface area contributed by atoms with Crippen LogP contribution in [0.25, 0.3) is 0 Å². The lowest BCUT2D eigenvalue weighted by atomic mass is 9.86. The van der Waals surface area contributed by atoms with Crippen molar-refractivity contribution in [2.75, 3.05) is 6.54 Å². The molecule has 2 rings (SSSR count). The van der Waals surface area contributed by atoms with Crippen molar-refractivity contribution in [3.05, 3.63) is 72.3 Å². The Morgan fingerprint density at radius 3 is 1.81 bits per heavy atom. The topological polar surface area (TPSA) is 70.9 Å². The number of hydrogen-bond donors (Lipinski definition) is 1. The standard InChI is InChI=1S/C21H23N3O2/c1-5-14-22-20(26)16-8-12-18(13-9-16)24-23-17-10-6-15(7-11-17)19(25)21(2,3)4/h5-13H,1,14H2,2-4H3,(H,22,26)/b24-23+. The Balaban J connectivity index is 2.04. The highest BCUT2D eigenvalue weighted by molar-refractivity contribution is 6.00. The van der Waals surface area contributed by atoms with Crippen molar-refractivity contribution in [3.63, 3.8) is 0 Å². The number of ketones is 1. The summed E-state index contributed by atoms with van der Waals surface area (Å²) in [6.07, 6.45) is 1.63. The Hall–Kier alpha value is -3.08. The molecular weight excluding hydrogens is 326 g/mol. The van der Waals surface area contributed by atoms with E-state index < -0.39 is 5.41 Å². The molecule has 2 aromatic carbocycles. The van der Waals surface area contributed by atoms with Gasteiger partial charge in [-0.1, -0.05) is 26.8 Å². The maximum atomic E-state index is 12.2. The van der Waals surface area contributed by atoms with Crippen LogP contribution >= 0.6 is 0 Å². The van der Waals surface area contributed by atoms with E-state index in [-0.39, 0.29) is 11.7 Å². The maximum absolute atomic E-state index is 12.2. The highest BCUT2D eigenvalue weighted by atomic mass is 16.1. The Morgan fingerprint density at radius 2 is 1.38 bits per heavy atom. The lowest BCUT2D eigenvalue weighted by Crippen LogP contribution is -2.22. The zero-order valence-electron chi connectivity index (χ0n) is 15.3. The first-order valence-corrected chi connectivity index (χ1v) is 8.37. The summed E-state index contributed by atoms with van der Waals surface area (Å²) in [6.45, 7) is 9.66. The van der Waals surface area contributed by atoms with Crippen molar-refractivity contribution in [2.45, 2.75) is 20.8 Å². The number of carbonyl (C=O) groups excluding carboxylic acids is 2. The highest BCUT2D eigenvalue weighted by Gasteiger charge is 2.22. The van der Waals surface area contributed by atoms with Gasteiger partial charge in [0.1, 0.15) is 0 Å². The largest absolute Gasteiger partial charge is 0.349 e. The molecule has 0 radical (unpaired) electrons. The molecule has 0 bridgehead atoms. The van der Waals surface area contributed by atoms with E-state index in [0.717, 1.165) is 0 Å². The zero-order chi connectivity index (χ0) is 19.2. The predicted octanol–water partition coefficient (Wildman–Crippen LogP) is 5.25. The van der Waals surface area contributed by atoms with Crippen LogP contribution in [0.1, 0.15) is 41.5 Å². The van der Waals surface area contributed by atoms with Crippen molar-refractivity contribution >= 4 is 23.1 Å². The summed E-state index contributed by atoms with van der Waals surface area (Å²) in [5, 5.41) is 11.0. The van der Waals surface area contributed by atoms with Gasteiger partial charge in [0.25, 0.3) is 5.91 Å². The summed E-state index contributed by atoms with van der Waals surface area (Å²) >= 11 is 0. The third-order valence-electron chi connectivity index (χ3n) is 3.63. The fourth-order valence-corrected chi connectivity index (χ4v) is 2.17. The van der Waals surface area contributed by atoms with Gasteiger partial charge < -0.3 is 5.32 Å². The van der Waals surface area contributed by atoms with Crippen molar-refractivity contribution < 1.29 is 9.59 Å². The summed E-state index contributed by atoms with van der Waals surface area (Å²) < 4.78 is 0. The van der Waals surface area contributed by atoms with Crippen molar-refractivity contribution in [3.8, 4) is 0 Å². The molecule has 5 heteroatoms. The average Bonchev–Trinajstić information content (AvgIpc) is 2.64. The fraction of sp³-hybridized carbons (Fsp3) is 0.238. The second kappa shape index (κ2) is 8.34. The number of carbonyl (C=O) groups is 2. The van der Waals surface area contributed by atoms with Crippen LogP contribution in [-0.4, -0.2) is 18.2 Å². The zero-order valence-corrected chi connectivity index (χ0v) is 15.3. The van der Waals surface area contributed by atoms with Gasteiger partial charge in [0.05, 0.1) is 11.4 Å². The molecule has 1 amide bonds. The van der Waals surface area contributed by atoms with E-state index >= 15 is 0 Å². The number of azo groups is 1. The first-order valence-electron chi connectivity index (χ1n) is 8.37. The molecular formula is C21H23N3O2. The smallest absolute Gasteiger partial charge is 0.251 e. The molecule has 26 heavy (non-hydrogen) atoms. The Bertz CT molecular complexity index is 814. The van der Waals surface area contributed by atoms with Crippen LogP contribution < -0.4 is 5.32 Å². The second-order valence-corrected chi connectivity index (χ2v) is 6.87. The molecule has 5 nitrogen and oxygen atoms in total. The van der Waals surface area contributed by atoms with E-state index in [1.165, 1.54) is 0 Å². The van der Waals surface area contributed by atoms with Crippen LogP contribution in [0.5, 0.6) is 0 Å². The van der Waals surface area contributed by atoms with E-state index in [9.17, 15) is 9.59 Å². The van der Waals surface area contributed by atoms with Crippen molar-refractivity contribution in [2.24, 2.45) is 15.6 Å². The maximum Gasteiger partial charge on any atom is 0.251 e. The molecule has 0 aliphatic heterocycles. The minimum atomic E-state index is -0.414. The lowest BCUT2D eigenvalue weighted by molar-refractivity contribution is 0.0858. The summed E-state index contributed by atoms with van der Waals surface area (Å²) in [6, 6.07) is 13.9. The average molecular weight is 349 g/mol. The van der Waals surface area contributed by atoms with Crippen LogP contribution in [-0.2, 0) is 0 Å². The van der Waals surface area contributed by atoms with Crippen LogP contribution in [0.4, 0.5) is 11.4 Å². The predicted molar refractivity (Wildman–Crippen MR) is 103 cm³/mol. The van der Waals surface area contributed by atoms with Gasteiger partial charge in [0.2, 0.25) is 0 Å². The van der Waals surface area contributed by atoms with Gasteiger partial charge in [0.15, 0.2) is 5.78 Å². The number of amides is 1. The molecule has 0 saturated heterocycles. The Morgan fingerprint density at radius 1 is 0.923 bits per heavy atom. The van der Waals surface area contributed by atoms with Gasteiger partial charge in [-0.2, -0.15) is 10.2 Å². The van der Waals surface area contributed by atoms with Crippen molar-refractivity contribution in [1.82, 2.24) is 5.32 Å². The molecule has 0 fully saturated rings. The molecule has 0 atom stereocenters. The van der Waals surface area contributed by atoms with Crippen LogP contribution in [0, 0.1) is 5.41 Å². The molecule has 1 N–H and O–H groups in total. The molecule has 0 aromatic heterocycles. The second-order valence-electron chi connectivity index (χ2n) is 6.87. The lowest BCUT2D eigenvalue weighted by Gasteiger charge is -2.16. The molecule has 2 aromatic rings. The number of Topliss-reactive ketones (excluding diaryl/α,β-unsaturated/α-hetero) is 1. The number of benzene rings is 2. The SMILES string of the molecule is C=CCNC(=O)c1ccc(/N=N/c2ccc(C(=O)C(C)(C)C)cc2)cc1. The molecule has 0 saturated carbocycles. The first kappa shape index (κ1) is 19.2. The number of rotatable bonds is 6. The Kier molecular flexibility index (Phi) is 6.17. The molecule has 134 valence electrons. The summed E-state index contributed by atoms with van der Waals surface area (Å²) in [4.78, 5) is 24.0. The van der Waals surface area contributed by atoms with E-state index in [2.05, 4.69) is 22.1 Å². The molecule has 0 heterocycles.